The minimum atomic E-state index is 0.367. The lowest BCUT2D eigenvalue weighted by Gasteiger charge is -2.15. The number of aryl methyl sites for hydroxylation is 1. The van der Waals surface area contributed by atoms with Gasteiger partial charge in [-0.2, -0.15) is 0 Å². The Hall–Kier alpha value is -0.670. The third kappa shape index (κ3) is 2.47. The molecule has 0 unspecified atom stereocenters. The number of ether oxygens (including phenoxy) is 2. The summed E-state index contributed by atoms with van der Waals surface area (Å²) in [5.74, 6) is 3.32. The molecule has 15 heavy (non-hydrogen) atoms. The zero-order valence-electron chi connectivity index (χ0n) is 9.29. The van der Waals surface area contributed by atoms with E-state index in [0.717, 1.165) is 30.5 Å². The highest BCUT2D eigenvalue weighted by molar-refractivity contribution is 7.97. The van der Waals surface area contributed by atoms with Crippen molar-refractivity contribution in [1.29, 1.82) is 0 Å². The van der Waals surface area contributed by atoms with E-state index < -0.39 is 0 Å². The van der Waals surface area contributed by atoms with E-state index in [4.69, 9.17) is 9.47 Å². The smallest absolute Gasteiger partial charge is 0.158 e. The summed E-state index contributed by atoms with van der Waals surface area (Å²) >= 11 is 0. The van der Waals surface area contributed by atoms with E-state index in [2.05, 4.69) is 25.1 Å². The second-order valence-electron chi connectivity index (χ2n) is 3.64. The number of methoxy groups -OCH3 is 1. The van der Waals surface area contributed by atoms with E-state index in [1.54, 1.807) is 7.11 Å². The molecule has 1 aliphatic rings. The Morgan fingerprint density at radius 2 is 2.00 bits per heavy atom. The first-order chi connectivity index (χ1) is 7.31. The highest BCUT2D eigenvalue weighted by Gasteiger charge is 2.25. The number of benzene rings is 1. The molecule has 2 rings (SSSR count). The molecule has 0 amide bonds. The van der Waals surface area contributed by atoms with Crippen molar-refractivity contribution in [3.63, 3.8) is 0 Å². The average molecular weight is 225 g/mol. The van der Waals surface area contributed by atoms with Crippen LogP contribution in [-0.4, -0.2) is 31.8 Å². The summed E-state index contributed by atoms with van der Waals surface area (Å²) in [4.78, 5) is 1.42. The highest BCUT2D eigenvalue weighted by Crippen LogP contribution is 2.24. The molecular weight excluding hydrogens is 208 g/mol. The molecule has 2 nitrogen and oxygen atoms in total. The van der Waals surface area contributed by atoms with Gasteiger partial charge in [0.2, 0.25) is 0 Å². The zero-order valence-corrected chi connectivity index (χ0v) is 10.1. The van der Waals surface area contributed by atoms with Gasteiger partial charge in [0, 0.05) is 17.0 Å². The SMILES string of the molecule is COc1cc([S+]2CCOCC2)ccc1C. The van der Waals surface area contributed by atoms with Crippen molar-refractivity contribution >= 4 is 10.9 Å². The second-order valence-corrected chi connectivity index (χ2v) is 5.92. The summed E-state index contributed by atoms with van der Waals surface area (Å²) < 4.78 is 10.7. The van der Waals surface area contributed by atoms with Gasteiger partial charge in [0.25, 0.3) is 0 Å². The van der Waals surface area contributed by atoms with Crippen LogP contribution < -0.4 is 4.74 Å². The van der Waals surface area contributed by atoms with Crippen molar-refractivity contribution in [2.24, 2.45) is 0 Å². The van der Waals surface area contributed by atoms with Gasteiger partial charge >= 0.3 is 0 Å². The summed E-state index contributed by atoms with van der Waals surface area (Å²) in [5.41, 5.74) is 1.21. The molecule has 0 bridgehead atoms. The molecule has 0 atom stereocenters. The maximum Gasteiger partial charge on any atom is 0.158 e. The monoisotopic (exact) mass is 225 g/mol. The summed E-state index contributed by atoms with van der Waals surface area (Å²) in [6, 6.07) is 6.56. The fourth-order valence-corrected chi connectivity index (χ4v) is 3.59. The van der Waals surface area contributed by atoms with E-state index in [1.165, 1.54) is 10.5 Å². The van der Waals surface area contributed by atoms with Crippen LogP contribution in [-0.2, 0) is 15.6 Å². The number of rotatable bonds is 2. The molecule has 1 heterocycles. The lowest BCUT2D eigenvalue weighted by Crippen LogP contribution is -2.26. The molecular formula is C12H17O2S+. The van der Waals surface area contributed by atoms with Gasteiger partial charge < -0.3 is 9.47 Å². The molecule has 0 radical (unpaired) electrons. The second kappa shape index (κ2) is 4.90. The Bertz CT molecular complexity index is 332. The van der Waals surface area contributed by atoms with Crippen molar-refractivity contribution in [3.8, 4) is 5.75 Å². The predicted octanol–water partition coefficient (Wildman–Crippen LogP) is 2.01. The van der Waals surface area contributed by atoms with Crippen molar-refractivity contribution in [2.45, 2.75) is 11.8 Å². The van der Waals surface area contributed by atoms with E-state index in [0.29, 0.717) is 10.9 Å². The Labute approximate surface area is 93.9 Å². The van der Waals surface area contributed by atoms with E-state index in [1.807, 2.05) is 0 Å². The van der Waals surface area contributed by atoms with E-state index >= 15 is 0 Å². The van der Waals surface area contributed by atoms with Gasteiger partial charge in [0.05, 0.1) is 20.3 Å². The van der Waals surface area contributed by atoms with Crippen LogP contribution in [0.25, 0.3) is 0 Å². The lowest BCUT2D eigenvalue weighted by molar-refractivity contribution is 0.159. The van der Waals surface area contributed by atoms with Crippen molar-refractivity contribution in [1.82, 2.24) is 0 Å². The molecule has 1 aromatic carbocycles. The highest BCUT2D eigenvalue weighted by atomic mass is 32.2. The van der Waals surface area contributed by atoms with Gasteiger partial charge in [-0.25, -0.2) is 0 Å². The Balaban J connectivity index is 2.20. The number of hydrogen-bond acceptors (Lipinski definition) is 2. The van der Waals surface area contributed by atoms with Crippen LogP contribution in [0.5, 0.6) is 5.75 Å². The maximum absolute atomic E-state index is 5.38. The van der Waals surface area contributed by atoms with Gasteiger partial charge in [0.15, 0.2) is 4.90 Å². The largest absolute Gasteiger partial charge is 0.496 e. The van der Waals surface area contributed by atoms with Crippen LogP contribution in [0.3, 0.4) is 0 Å². The minimum Gasteiger partial charge on any atom is -0.496 e. The molecule has 0 N–H and O–H groups in total. The standard InChI is InChI=1S/C12H17O2S/c1-10-3-4-11(9-12(10)13-2)15-7-5-14-6-8-15/h3-4,9H,5-8H2,1-2H3/q+1. The van der Waals surface area contributed by atoms with Crippen LogP contribution in [0, 0.1) is 6.92 Å². The van der Waals surface area contributed by atoms with Crippen LogP contribution >= 0.6 is 0 Å². The van der Waals surface area contributed by atoms with Crippen LogP contribution in [0.4, 0.5) is 0 Å². The Morgan fingerprint density at radius 3 is 2.67 bits per heavy atom. The first-order valence-electron chi connectivity index (χ1n) is 5.21. The Morgan fingerprint density at radius 1 is 1.27 bits per heavy atom. The average Bonchev–Trinajstić information content (AvgIpc) is 2.31. The van der Waals surface area contributed by atoms with E-state index in [9.17, 15) is 0 Å². The lowest BCUT2D eigenvalue weighted by atomic mass is 10.2. The Kier molecular flexibility index (Phi) is 3.54. The molecule has 0 saturated carbocycles. The normalized spacial score (nSPS) is 17.7. The fourth-order valence-electron chi connectivity index (χ4n) is 1.74. The van der Waals surface area contributed by atoms with Crippen LogP contribution in [0.15, 0.2) is 23.1 Å². The first-order valence-corrected chi connectivity index (χ1v) is 6.77. The van der Waals surface area contributed by atoms with Gasteiger partial charge in [-0.05, 0) is 18.6 Å². The molecule has 82 valence electrons. The van der Waals surface area contributed by atoms with Crippen molar-refractivity contribution in [2.75, 3.05) is 31.8 Å². The molecule has 0 aliphatic carbocycles. The van der Waals surface area contributed by atoms with Gasteiger partial charge in [-0.1, -0.05) is 6.07 Å². The number of hydrogen-bond donors (Lipinski definition) is 0. The molecule has 0 spiro atoms. The molecule has 1 fully saturated rings. The minimum absolute atomic E-state index is 0.367. The predicted molar refractivity (Wildman–Crippen MR) is 63.9 cm³/mol. The summed E-state index contributed by atoms with van der Waals surface area (Å²) in [5, 5.41) is 0. The van der Waals surface area contributed by atoms with Crippen LogP contribution in [0.2, 0.25) is 0 Å². The van der Waals surface area contributed by atoms with Gasteiger partial charge in [-0.3, -0.25) is 0 Å². The summed E-state index contributed by atoms with van der Waals surface area (Å²) in [6.45, 7) is 3.88. The zero-order chi connectivity index (χ0) is 10.7. The van der Waals surface area contributed by atoms with Crippen molar-refractivity contribution < 1.29 is 9.47 Å². The molecule has 1 aromatic rings. The topological polar surface area (TPSA) is 18.5 Å². The van der Waals surface area contributed by atoms with Gasteiger partial charge in [-0.15, -0.1) is 0 Å². The quantitative estimate of drug-likeness (QED) is 0.717. The first kappa shape index (κ1) is 10.8. The molecule has 1 saturated heterocycles. The molecule has 0 aromatic heterocycles. The molecule has 1 aliphatic heterocycles. The maximum atomic E-state index is 5.38. The summed E-state index contributed by atoms with van der Waals surface area (Å²) in [7, 11) is 2.10. The van der Waals surface area contributed by atoms with E-state index in [-0.39, 0.29) is 0 Å². The third-order valence-corrected chi connectivity index (χ3v) is 4.90. The fraction of sp³-hybridized carbons (Fsp3) is 0.500. The van der Waals surface area contributed by atoms with Gasteiger partial charge in [0.1, 0.15) is 17.3 Å². The van der Waals surface area contributed by atoms with Crippen molar-refractivity contribution in [3.05, 3.63) is 23.8 Å². The molecule has 3 heteroatoms. The third-order valence-electron chi connectivity index (χ3n) is 2.66. The summed E-state index contributed by atoms with van der Waals surface area (Å²) in [6.07, 6.45) is 0. The van der Waals surface area contributed by atoms with Crippen LogP contribution in [0.1, 0.15) is 5.56 Å².